The predicted molar refractivity (Wildman–Crippen MR) is 34.4 cm³/mol. The molecule has 0 aromatic carbocycles. The normalized spacial score (nSPS) is 5.00. The first-order chi connectivity index (χ1) is 1.91. The van der Waals surface area contributed by atoms with Gasteiger partial charge in [-0.05, 0) is 0 Å². The monoisotopic (exact) mass is 108 g/mol. The summed E-state index contributed by atoms with van der Waals surface area (Å²) in [5.41, 5.74) is 0. The van der Waals surface area contributed by atoms with Crippen LogP contribution in [0.2, 0.25) is 0 Å². The van der Waals surface area contributed by atoms with Gasteiger partial charge in [0.2, 0.25) is 0 Å². The topological polar surface area (TPSA) is 0 Å². The quantitative estimate of drug-likeness (QED) is 0.379. The van der Waals surface area contributed by atoms with Gasteiger partial charge >= 0.3 is 0 Å². The van der Waals surface area contributed by atoms with Crippen molar-refractivity contribution in [2.45, 2.75) is 0 Å². The van der Waals surface area contributed by atoms with Crippen molar-refractivity contribution in [3.05, 3.63) is 12.7 Å². The second-order valence-electron chi connectivity index (χ2n) is 0.471. The minimum absolute atomic E-state index is 0. The molecule has 0 N–H and O–H groups in total. The van der Waals surface area contributed by atoms with Gasteiger partial charge in [0.05, 0.1) is 0 Å². The molecule has 0 fully saturated rings. The van der Waals surface area contributed by atoms with Gasteiger partial charge in [0, 0.05) is 5.75 Å². The van der Waals surface area contributed by atoms with E-state index in [1.165, 1.54) is 0 Å². The molecule has 0 saturated carbocycles. The molecule has 0 aliphatic carbocycles. The predicted octanol–water partition coefficient (Wildman–Crippen LogP) is 1.21. The molecule has 2 heteroatoms. The maximum absolute atomic E-state index is 3.80. The molecule has 32 valence electrons. The zero-order valence-corrected chi connectivity index (χ0v) is 4.83. The molecule has 0 nitrogen and oxygen atoms in total. The van der Waals surface area contributed by atoms with E-state index < -0.39 is 0 Å². The molecule has 0 amide bonds. The van der Waals surface area contributed by atoms with Gasteiger partial charge in [-0.1, -0.05) is 6.08 Å². The van der Waals surface area contributed by atoms with Crippen LogP contribution >= 0.6 is 26.1 Å². The molecule has 0 heterocycles. The van der Waals surface area contributed by atoms with Crippen molar-refractivity contribution in [1.29, 1.82) is 0 Å². The maximum Gasteiger partial charge on any atom is 0.00799 e. The summed E-state index contributed by atoms with van der Waals surface area (Å²) < 4.78 is 0. The van der Waals surface area contributed by atoms with E-state index in [9.17, 15) is 0 Å². The van der Waals surface area contributed by atoms with E-state index in [4.69, 9.17) is 0 Å². The number of hydrogen-bond donors (Lipinski definition) is 1. The van der Waals surface area contributed by atoms with Crippen molar-refractivity contribution >= 4 is 26.1 Å². The second-order valence-corrected chi connectivity index (χ2v) is 0.836. The molecular weight excluding hydrogens is 100 g/mol. The molecule has 0 aliphatic heterocycles. The zero-order valence-electron chi connectivity index (χ0n) is 2.94. The van der Waals surface area contributed by atoms with Gasteiger partial charge in [0.15, 0.2) is 0 Å². The molecule has 5 heavy (non-hydrogen) atoms. The molecule has 0 saturated heterocycles. The Labute approximate surface area is 45.1 Å². The Bertz CT molecular complexity index is 18.9. The average molecular weight is 108 g/mol. The average Bonchev–Trinajstić information content (AvgIpc) is 1.37. The van der Waals surface area contributed by atoms with Crippen LogP contribution in [0.4, 0.5) is 0 Å². The minimum Gasteiger partial charge on any atom is -0.197 e. The van der Waals surface area contributed by atoms with Crippen LogP contribution in [-0.2, 0) is 0 Å². The van der Waals surface area contributed by atoms with E-state index in [2.05, 4.69) is 19.2 Å². The first kappa shape index (κ1) is 9.06. The lowest BCUT2D eigenvalue weighted by atomic mass is 10.8. The first-order valence-electron chi connectivity index (χ1n) is 1.13. The highest BCUT2D eigenvalue weighted by Gasteiger charge is 1.45. The fraction of sp³-hybridized carbons (Fsp3) is 0.333. The summed E-state index contributed by atoms with van der Waals surface area (Å²) in [5.74, 6) is 0.778. The van der Waals surface area contributed by atoms with Crippen molar-refractivity contribution in [3.8, 4) is 0 Å². The van der Waals surface area contributed by atoms with Crippen LogP contribution in [0.15, 0.2) is 12.7 Å². The molecule has 0 bridgehead atoms. The minimum atomic E-state index is 0. The summed E-state index contributed by atoms with van der Waals surface area (Å²) in [6.07, 6.45) is 1.74. The molecule has 0 radical (unpaired) electrons. The SMILES string of the molecule is C=CCS.S. The van der Waals surface area contributed by atoms with Gasteiger partial charge in [0.25, 0.3) is 0 Å². The third-order valence-corrected chi connectivity index (χ3v) is 0.387. The Morgan fingerprint density at radius 3 is 2.00 bits per heavy atom. The second kappa shape index (κ2) is 8.83. The van der Waals surface area contributed by atoms with Crippen LogP contribution in [-0.4, -0.2) is 5.75 Å². The summed E-state index contributed by atoms with van der Waals surface area (Å²) in [4.78, 5) is 0. The van der Waals surface area contributed by atoms with Gasteiger partial charge in [-0.25, -0.2) is 0 Å². The summed E-state index contributed by atoms with van der Waals surface area (Å²) in [7, 11) is 0. The highest BCUT2D eigenvalue weighted by atomic mass is 32.1. The highest BCUT2D eigenvalue weighted by Crippen LogP contribution is 1.65. The van der Waals surface area contributed by atoms with Crippen LogP contribution in [0, 0.1) is 0 Å². The Hall–Kier alpha value is 0.440. The van der Waals surface area contributed by atoms with Crippen LogP contribution in [0.25, 0.3) is 0 Å². The third kappa shape index (κ3) is 12.7. The zero-order chi connectivity index (χ0) is 3.41. The summed E-state index contributed by atoms with van der Waals surface area (Å²) in [5, 5.41) is 0. The van der Waals surface area contributed by atoms with Gasteiger partial charge < -0.3 is 0 Å². The van der Waals surface area contributed by atoms with Gasteiger partial charge in [0.1, 0.15) is 0 Å². The van der Waals surface area contributed by atoms with Gasteiger partial charge in [-0.15, -0.1) is 6.58 Å². The van der Waals surface area contributed by atoms with E-state index in [1.54, 1.807) is 6.08 Å². The number of thiol groups is 1. The van der Waals surface area contributed by atoms with E-state index >= 15 is 0 Å². The van der Waals surface area contributed by atoms with E-state index in [0.29, 0.717) is 0 Å². The molecule has 0 aliphatic rings. The summed E-state index contributed by atoms with van der Waals surface area (Å²) in [6, 6.07) is 0. The molecule has 0 unspecified atom stereocenters. The highest BCUT2D eigenvalue weighted by molar-refractivity contribution is 7.80. The fourth-order valence-corrected chi connectivity index (χ4v) is 0. The maximum atomic E-state index is 3.80. The number of rotatable bonds is 1. The van der Waals surface area contributed by atoms with E-state index in [-0.39, 0.29) is 13.5 Å². The van der Waals surface area contributed by atoms with E-state index in [0.717, 1.165) is 5.75 Å². The van der Waals surface area contributed by atoms with Crippen molar-refractivity contribution < 1.29 is 0 Å². The lowest BCUT2D eigenvalue weighted by molar-refractivity contribution is 1.85. The van der Waals surface area contributed by atoms with Crippen molar-refractivity contribution in [2.75, 3.05) is 5.75 Å². The molecule has 0 aromatic rings. The Kier molecular flexibility index (Phi) is 16.0. The van der Waals surface area contributed by atoms with Crippen LogP contribution < -0.4 is 0 Å². The molecule has 0 aromatic heterocycles. The first-order valence-corrected chi connectivity index (χ1v) is 1.77. The van der Waals surface area contributed by atoms with Crippen LogP contribution in [0.3, 0.4) is 0 Å². The lowest BCUT2D eigenvalue weighted by Crippen LogP contribution is -1.45. The fourth-order valence-electron chi connectivity index (χ4n) is 0. The Morgan fingerprint density at radius 1 is 1.80 bits per heavy atom. The largest absolute Gasteiger partial charge is 0.197 e. The summed E-state index contributed by atoms with van der Waals surface area (Å²) >= 11 is 3.80. The van der Waals surface area contributed by atoms with E-state index in [1.807, 2.05) is 0 Å². The Morgan fingerprint density at radius 2 is 2.00 bits per heavy atom. The molecule has 0 atom stereocenters. The van der Waals surface area contributed by atoms with Gasteiger partial charge in [-0.3, -0.25) is 0 Å². The van der Waals surface area contributed by atoms with Crippen molar-refractivity contribution in [1.82, 2.24) is 0 Å². The standard InChI is InChI=1S/C3H6S.H2S/c1-2-3-4;/h2,4H,1,3H2;1H2. The van der Waals surface area contributed by atoms with Gasteiger partial charge in [-0.2, -0.15) is 26.1 Å². The van der Waals surface area contributed by atoms with Crippen molar-refractivity contribution in [2.24, 2.45) is 0 Å². The molecule has 0 rings (SSSR count). The Balaban J connectivity index is 0. The third-order valence-electron chi connectivity index (χ3n) is 0.129. The molecule has 0 spiro atoms. The summed E-state index contributed by atoms with van der Waals surface area (Å²) in [6.45, 7) is 3.40. The van der Waals surface area contributed by atoms with Crippen LogP contribution in [0.1, 0.15) is 0 Å². The molecular formula is C3H8S2. The smallest absolute Gasteiger partial charge is 0.00799 e. The number of hydrogen-bond acceptors (Lipinski definition) is 1. The lowest BCUT2D eigenvalue weighted by Gasteiger charge is -1.57. The van der Waals surface area contributed by atoms with Crippen molar-refractivity contribution in [3.63, 3.8) is 0 Å². The van der Waals surface area contributed by atoms with Crippen LogP contribution in [0.5, 0.6) is 0 Å².